The standard InChI is InChI=1S/C22H16N2O2S.C21H16N2S.C20H14N2OS.C17H11F3N2O3S.C5H6OS.C4H6O3/c1-15(25)26-21-13-14-27-22(21)20-12-6-11-19(24-20)18-10-5-9-17(23-18)16-7-3-2-4-8-16;1-15-13-14-24-21(15)20-12-6-11-19(23-20)18-10-5-9-17(22-18)16-7-3-2-4-8-16;23-19-12-13-24-20(19)18-11-5-10-17(22-18)16-9-4-8-15(21-16)14-6-2-1-3-7-14;18-17(19,20)26(23,24)25-16-11-5-10-15(22-16)14-9-4-8-13(21-14)12-6-2-1-3-7-12;1-6-5-2-3-7-4-5;1-3(5)7-4(2)6/h2-14H,1H3;2-14H,1H3;1-13,23H;1-11H;2-4H,1H3;1-2H3. The highest BCUT2D eigenvalue weighted by atomic mass is 32.2. The number of carbonyl (C=O) groups is 3. The zero-order valence-corrected chi connectivity index (χ0v) is 66.1. The quantitative estimate of drug-likeness (QED) is 0.0434. The molecule has 0 fully saturated rings. The number of benzene rings is 4. The molecule has 16 rings (SSSR count). The van der Waals surface area contributed by atoms with E-state index in [0.29, 0.717) is 17.1 Å². The van der Waals surface area contributed by atoms with Crippen molar-refractivity contribution in [1.82, 2.24) is 39.9 Å². The molecule has 4 aromatic carbocycles. The van der Waals surface area contributed by atoms with Crippen molar-refractivity contribution >= 4 is 73.4 Å². The monoisotopic (exact) mass is 1630 g/mol. The van der Waals surface area contributed by atoms with Crippen molar-refractivity contribution in [1.29, 1.82) is 0 Å². The predicted molar refractivity (Wildman–Crippen MR) is 448 cm³/mol. The van der Waals surface area contributed by atoms with Crippen LogP contribution in [-0.2, 0) is 29.2 Å². The predicted octanol–water partition coefficient (Wildman–Crippen LogP) is 22.4. The number of hydrogen-bond donors (Lipinski definition) is 1. The first-order valence-corrected chi connectivity index (χ1v) is 40.0. The number of methoxy groups -OCH3 is 1. The Labute approximate surface area is 677 Å². The van der Waals surface area contributed by atoms with Gasteiger partial charge in [-0.3, -0.25) is 14.4 Å². The van der Waals surface area contributed by atoms with Crippen LogP contribution in [0, 0.1) is 6.92 Å². The molecule has 18 nitrogen and oxygen atoms in total. The van der Waals surface area contributed by atoms with Crippen LogP contribution in [-0.4, -0.2) is 83.9 Å². The molecule has 0 aliphatic rings. The van der Waals surface area contributed by atoms with Crippen LogP contribution in [0.3, 0.4) is 0 Å². The van der Waals surface area contributed by atoms with E-state index in [-0.39, 0.29) is 17.4 Å². The number of carbonyl (C=O) groups excluding carboxylic acids is 3. The normalized spacial score (nSPS) is 10.6. The van der Waals surface area contributed by atoms with Gasteiger partial charge in [0.15, 0.2) is 5.75 Å². The average Bonchev–Trinajstić information content (AvgIpc) is 1.81. The Balaban J connectivity index is 0.000000143. The van der Waals surface area contributed by atoms with Crippen LogP contribution < -0.4 is 13.7 Å². The highest BCUT2D eigenvalue weighted by Crippen LogP contribution is 2.38. The highest BCUT2D eigenvalue weighted by molar-refractivity contribution is 7.88. The van der Waals surface area contributed by atoms with E-state index in [2.05, 4.69) is 60.4 Å². The lowest BCUT2D eigenvalue weighted by atomic mass is 10.1. The summed E-state index contributed by atoms with van der Waals surface area (Å²) in [6.07, 6.45) is 0. The summed E-state index contributed by atoms with van der Waals surface area (Å²) in [5.41, 5.74) is 11.3. The van der Waals surface area contributed by atoms with Gasteiger partial charge in [-0.2, -0.15) is 21.6 Å². The Bertz CT molecular complexity index is 5830. The first-order valence-electron chi connectivity index (χ1n) is 35.0. The number of pyridine rings is 8. The van der Waals surface area contributed by atoms with Gasteiger partial charge in [0.05, 0.1) is 107 Å². The molecule has 0 aliphatic heterocycles. The van der Waals surface area contributed by atoms with E-state index in [4.69, 9.17) is 34.4 Å². The minimum Gasteiger partial charge on any atom is -0.506 e. The molecule has 115 heavy (non-hydrogen) atoms. The largest absolute Gasteiger partial charge is 0.534 e. The molecule has 0 spiro atoms. The Morgan fingerprint density at radius 3 is 0.991 bits per heavy atom. The zero-order valence-electron chi connectivity index (χ0n) is 62.0. The molecule has 0 radical (unpaired) electrons. The molecule has 0 amide bonds. The molecule has 12 aromatic heterocycles. The van der Waals surface area contributed by atoms with Crippen molar-refractivity contribution in [2.45, 2.75) is 33.2 Å². The second kappa shape index (κ2) is 40.2. The maximum atomic E-state index is 12.4. The number of aryl methyl sites for hydroxylation is 1. The summed E-state index contributed by atoms with van der Waals surface area (Å²) in [6, 6.07) is 91.7. The van der Waals surface area contributed by atoms with Gasteiger partial charge in [-0.05, 0) is 149 Å². The molecule has 0 bridgehead atoms. The fourth-order valence-corrected chi connectivity index (χ4v) is 14.1. The number of alkyl halides is 3. The lowest BCUT2D eigenvalue weighted by molar-refractivity contribution is -0.156. The number of halogens is 3. The number of thiophene rings is 4. The minimum absolute atomic E-state index is 0.178. The van der Waals surface area contributed by atoms with Crippen LogP contribution >= 0.6 is 45.3 Å². The van der Waals surface area contributed by atoms with Gasteiger partial charge in [0.1, 0.15) is 11.5 Å². The zero-order chi connectivity index (χ0) is 81.1. The number of rotatable bonds is 15. The highest BCUT2D eigenvalue weighted by Gasteiger charge is 2.49. The number of ether oxygens (including phenoxy) is 3. The summed E-state index contributed by atoms with van der Waals surface area (Å²) in [5.74, 6) is -0.418. The summed E-state index contributed by atoms with van der Waals surface area (Å²) in [5, 5.41) is 19.7. The van der Waals surface area contributed by atoms with Crippen molar-refractivity contribution in [2.24, 2.45) is 0 Å². The molecular weight excluding hydrogens is 1560 g/mol. The molecule has 0 saturated carbocycles. The molecular formula is C89H69F3N8O10S5. The third kappa shape index (κ3) is 23.6. The van der Waals surface area contributed by atoms with Gasteiger partial charge in [-0.1, -0.05) is 170 Å². The Kier molecular flexibility index (Phi) is 28.9. The second-order valence-electron chi connectivity index (χ2n) is 24.2. The average molecular weight is 1630 g/mol. The van der Waals surface area contributed by atoms with E-state index in [1.165, 1.54) is 66.0 Å². The third-order valence-corrected chi connectivity index (χ3v) is 20.4. The molecule has 0 aliphatic carbocycles. The summed E-state index contributed by atoms with van der Waals surface area (Å²) in [4.78, 5) is 70.5. The van der Waals surface area contributed by atoms with Crippen molar-refractivity contribution in [3.05, 3.63) is 324 Å². The molecule has 0 saturated heterocycles. The van der Waals surface area contributed by atoms with E-state index in [1.807, 2.05) is 240 Å². The first kappa shape index (κ1) is 82.6. The Morgan fingerprint density at radius 2 is 0.678 bits per heavy atom. The maximum Gasteiger partial charge on any atom is 0.534 e. The van der Waals surface area contributed by atoms with Crippen LogP contribution in [0.5, 0.6) is 23.1 Å². The summed E-state index contributed by atoms with van der Waals surface area (Å²) in [7, 11) is -4.12. The van der Waals surface area contributed by atoms with Crippen LogP contribution in [0.15, 0.2) is 318 Å². The van der Waals surface area contributed by atoms with Gasteiger partial charge >= 0.3 is 33.5 Å². The maximum absolute atomic E-state index is 12.4. The first-order chi connectivity index (χ1) is 55.6. The third-order valence-electron chi connectivity index (χ3n) is 15.9. The van der Waals surface area contributed by atoms with Crippen LogP contribution in [0.2, 0.25) is 0 Å². The fraction of sp³-hybridized carbons (Fsp3) is 0.0674. The molecule has 16 aromatic rings. The van der Waals surface area contributed by atoms with Crippen molar-refractivity contribution < 1.29 is 59.5 Å². The second-order valence-corrected chi connectivity index (χ2v) is 29.3. The summed E-state index contributed by atoms with van der Waals surface area (Å²) in [6.45, 7) is 5.88. The van der Waals surface area contributed by atoms with Crippen LogP contribution in [0.1, 0.15) is 26.3 Å². The number of aromatic nitrogens is 8. The molecule has 0 unspecified atom stereocenters. The Hall–Kier alpha value is -13.4. The molecule has 1 N–H and O–H groups in total. The van der Waals surface area contributed by atoms with Crippen molar-refractivity contribution in [3.63, 3.8) is 0 Å². The summed E-state index contributed by atoms with van der Waals surface area (Å²) >= 11 is 6.32. The van der Waals surface area contributed by atoms with Gasteiger partial charge in [-0.25, -0.2) is 39.9 Å². The van der Waals surface area contributed by atoms with E-state index in [9.17, 15) is 41.1 Å². The fourth-order valence-electron chi connectivity index (χ4n) is 10.7. The minimum atomic E-state index is -5.78. The van der Waals surface area contributed by atoms with E-state index >= 15 is 0 Å². The SMILES string of the molecule is CC(=O)OC(C)=O.CC(=O)Oc1ccsc1-c1cccc(-c2cccc(-c3ccccc3)n2)n1.COc1ccsc1.Cc1ccsc1-c1cccc(-c2cccc(-c3ccccc3)n2)n1.O=S(=O)(Oc1cccc(-c2cccc(-c3ccccc3)n2)n1)C(F)(F)F.Oc1ccsc1-c1cccc(-c2cccc(-c3ccccc3)n2)n1. The van der Waals surface area contributed by atoms with E-state index < -0.39 is 33.4 Å². The Morgan fingerprint density at radius 1 is 0.357 bits per heavy atom. The van der Waals surface area contributed by atoms with Gasteiger partial charge in [0, 0.05) is 54.5 Å². The number of esters is 3. The molecule has 26 heteroatoms. The number of hydrogen-bond acceptors (Lipinski definition) is 22. The van der Waals surface area contributed by atoms with E-state index in [0.717, 1.165) is 112 Å². The summed E-state index contributed by atoms with van der Waals surface area (Å²) < 4.78 is 77.7. The van der Waals surface area contributed by atoms with Gasteiger partial charge in [-0.15, -0.1) is 45.3 Å². The number of aromatic hydroxyl groups is 1. The van der Waals surface area contributed by atoms with Crippen LogP contribution in [0.25, 0.3) is 122 Å². The lowest BCUT2D eigenvalue weighted by Gasteiger charge is -2.09. The van der Waals surface area contributed by atoms with Crippen molar-refractivity contribution in [2.75, 3.05) is 7.11 Å². The molecule has 12 heterocycles. The smallest absolute Gasteiger partial charge is 0.506 e. The van der Waals surface area contributed by atoms with Gasteiger partial charge in [0.2, 0.25) is 5.88 Å². The van der Waals surface area contributed by atoms with Gasteiger partial charge < -0.3 is 23.5 Å². The van der Waals surface area contributed by atoms with Gasteiger partial charge in [0.25, 0.3) is 0 Å². The van der Waals surface area contributed by atoms with E-state index in [1.54, 1.807) is 60.1 Å². The lowest BCUT2D eigenvalue weighted by Crippen LogP contribution is -2.28. The number of nitrogens with zero attached hydrogens (tertiary/aromatic N) is 8. The van der Waals surface area contributed by atoms with Crippen LogP contribution in [0.4, 0.5) is 13.2 Å². The molecule has 576 valence electrons. The van der Waals surface area contributed by atoms with Crippen molar-refractivity contribution in [3.8, 4) is 145 Å². The molecule has 0 atom stereocenters. The topological polar surface area (TPSA) is 246 Å².